The minimum absolute atomic E-state index is 0.0617. The summed E-state index contributed by atoms with van der Waals surface area (Å²) < 4.78 is 20.3. The summed E-state index contributed by atoms with van der Waals surface area (Å²) in [6, 6.07) is 13.3. The SMILES string of the molecule is Cc1c(C(=O)N2CCN(Cc3nc(-c4ccc(Cl)cc4)no3)CC2)cnn1-c1ccc(F)cc1. The zero-order valence-electron chi connectivity index (χ0n) is 18.5. The molecule has 0 saturated carbocycles. The molecule has 8 nitrogen and oxygen atoms in total. The van der Waals surface area contributed by atoms with Crippen molar-refractivity contribution in [3.63, 3.8) is 0 Å². The average Bonchev–Trinajstić information content (AvgIpc) is 3.47. The topological polar surface area (TPSA) is 80.3 Å². The van der Waals surface area contributed by atoms with Gasteiger partial charge in [0.05, 0.1) is 29.7 Å². The maximum absolute atomic E-state index is 13.2. The molecule has 1 saturated heterocycles. The van der Waals surface area contributed by atoms with E-state index in [1.807, 2.05) is 24.0 Å². The lowest BCUT2D eigenvalue weighted by molar-refractivity contribution is 0.0614. The average molecular weight is 481 g/mol. The molecule has 174 valence electrons. The molecule has 0 radical (unpaired) electrons. The molecule has 1 aliphatic rings. The minimum atomic E-state index is -0.315. The summed E-state index contributed by atoms with van der Waals surface area (Å²) >= 11 is 5.93. The van der Waals surface area contributed by atoms with Crippen LogP contribution in [0.5, 0.6) is 0 Å². The first-order valence-corrected chi connectivity index (χ1v) is 11.3. The Morgan fingerprint density at radius 1 is 1.06 bits per heavy atom. The second-order valence-corrected chi connectivity index (χ2v) is 8.56. The van der Waals surface area contributed by atoms with E-state index in [2.05, 4.69) is 20.1 Å². The molecular weight excluding hydrogens is 459 g/mol. The lowest BCUT2D eigenvalue weighted by atomic mass is 10.2. The molecule has 10 heteroatoms. The number of carbonyl (C=O) groups excluding carboxylic acids is 1. The molecule has 5 rings (SSSR count). The monoisotopic (exact) mass is 480 g/mol. The van der Waals surface area contributed by atoms with Gasteiger partial charge in [0.15, 0.2) is 0 Å². The van der Waals surface area contributed by atoms with Crippen LogP contribution in [0.1, 0.15) is 21.9 Å². The molecule has 2 aromatic carbocycles. The van der Waals surface area contributed by atoms with Crippen molar-refractivity contribution in [2.75, 3.05) is 26.2 Å². The van der Waals surface area contributed by atoms with Crippen LogP contribution >= 0.6 is 11.6 Å². The number of aromatic nitrogens is 4. The molecule has 0 bridgehead atoms. The second-order valence-electron chi connectivity index (χ2n) is 8.12. The fraction of sp³-hybridized carbons (Fsp3) is 0.250. The summed E-state index contributed by atoms with van der Waals surface area (Å²) in [4.78, 5) is 21.6. The number of halogens is 2. The van der Waals surface area contributed by atoms with Gasteiger partial charge < -0.3 is 9.42 Å². The van der Waals surface area contributed by atoms with Gasteiger partial charge in [0.1, 0.15) is 5.82 Å². The van der Waals surface area contributed by atoms with E-state index in [-0.39, 0.29) is 11.7 Å². The van der Waals surface area contributed by atoms with Crippen LogP contribution in [0.15, 0.2) is 59.3 Å². The molecule has 1 aliphatic heterocycles. The van der Waals surface area contributed by atoms with Crippen LogP contribution in [0.25, 0.3) is 17.1 Å². The van der Waals surface area contributed by atoms with Crippen molar-refractivity contribution in [1.82, 2.24) is 29.7 Å². The van der Waals surface area contributed by atoms with Gasteiger partial charge in [-0.25, -0.2) is 9.07 Å². The van der Waals surface area contributed by atoms with Gasteiger partial charge in [0, 0.05) is 36.8 Å². The Labute approximate surface area is 200 Å². The van der Waals surface area contributed by atoms with E-state index in [0.717, 1.165) is 11.3 Å². The molecule has 1 amide bonds. The summed E-state index contributed by atoms with van der Waals surface area (Å²) in [5, 5.41) is 9.04. The van der Waals surface area contributed by atoms with Crippen molar-refractivity contribution in [3.8, 4) is 17.1 Å². The van der Waals surface area contributed by atoms with Crippen molar-refractivity contribution < 1.29 is 13.7 Å². The molecule has 0 spiro atoms. The van der Waals surface area contributed by atoms with Crippen LogP contribution in [0.3, 0.4) is 0 Å². The molecule has 0 N–H and O–H groups in total. The van der Waals surface area contributed by atoms with Crippen molar-refractivity contribution in [2.24, 2.45) is 0 Å². The summed E-state index contributed by atoms with van der Waals surface area (Å²) in [5.74, 6) is 0.674. The number of hydrogen-bond acceptors (Lipinski definition) is 6. The Morgan fingerprint density at radius 3 is 2.47 bits per heavy atom. The van der Waals surface area contributed by atoms with Gasteiger partial charge in [-0.1, -0.05) is 16.8 Å². The van der Waals surface area contributed by atoms with Gasteiger partial charge in [0.2, 0.25) is 11.7 Å². The van der Waals surface area contributed by atoms with Gasteiger partial charge in [-0.3, -0.25) is 9.69 Å². The number of hydrogen-bond donors (Lipinski definition) is 0. The second kappa shape index (κ2) is 9.36. The van der Waals surface area contributed by atoms with E-state index in [4.69, 9.17) is 16.1 Å². The van der Waals surface area contributed by atoms with Gasteiger partial charge >= 0.3 is 0 Å². The van der Waals surface area contributed by atoms with Crippen LogP contribution in [0, 0.1) is 12.7 Å². The van der Waals surface area contributed by atoms with Crippen molar-refractivity contribution in [2.45, 2.75) is 13.5 Å². The number of rotatable bonds is 5. The van der Waals surface area contributed by atoms with Crippen LogP contribution in [-0.2, 0) is 6.54 Å². The highest BCUT2D eigenvalue weighted by Crippen LogP contribution is 2.20. The minimum Gasteiger partial charge on any atom is -0.338 e. The van der Waals surface area contributed by atoms with Crippen LogP contribution in [0.2, 0.25) is 5.02 Å². The maximum Gasteiger partial charge on any atom is 0.257 e. The fourth-order valence-electron chi connectivity index (χ4n) is 3.97. The molecule has 3 heterocycles. The smallest absolute Gasteiger partial charge is 0.257 e. The molecule has 0 unspecified atom stereocenters. The molecule has 1 fully saturated rings. The van der Waals surface area contributed by atoms with Crippen LogP contribution in [0.4, 0.5) is 4.39 Å². The molecular formula is C24H22ClFN6O2. The zero-order valence-corrected chi connectivity index (χ0v) is 19.2. The van der Waals surface area contributed by atoms with Crippen molar-refractivity contribution in [1.29, 1.82) is 0 Å². The Bertz CT molecular complexity index is 1290. The highest BCUT2D eigenvalue weighted by Gasteiger charge is 2.26. The Balaban J connectivity index is 1.19. The van der Waals surface area contributed by atoms with Gasteiger partial charge in [-0.15, -0.1) is 0 Å². The highest BCUT2D eigenvalue weighted by atomic mass is 35.5. The van der Waals surface area contributed by atoms with Gasteiger partial charge in [-0.2, -0.15) is 10.1 Å². The van der Waals surface area contributed by atoms with E-state index >= 15 is 0 Å². The van der Waals surface area contributed by atoms with Gasteiger partial charge in [-0.05, 0) is 55.5 Å². The van der Waals surface area contributed by atoms with Crippen molar-refractivity contribution in [3.05, 3.63) is 82.7 Å². The summed E-state index contributed by atoms with van der Waals surface area (Å²) in [6.45, 7) is 4.90. The summed E-state index contributed by atoms with van der Waals surface area (Å²) in [7, 11) is 0. The van der Waals surface area contributed by atoms with E-state index in [0.29, 0.717) is 60.7 Å². The normalized spacial score (nSPS) is 14.5. The molecule has 34 heavy (non-hydrogen) atoms. The number of carbonyl (C=O) groups is 1. The standard InChI is InChI=1S/C24H22ClFN6O2/c1-16-21(14-27-32(16)20-8-6-19(26)7-9-20)24(33)31-12-10-30(11-13-31)15-22-28-23(29-34-22)17-2-4-18(25)5-3-17/h2-9,14H,10-13,15H2,1H3. The van der Waals surface area contributed by atoms with Crippen LogP contribution < -0.4 is 0 Å². The molecule has 2 aromatic heterocycles. The third-order valence-electron chi connectivity index (χ3n) is 5.90. The molecule has 0 atom stereocenters. The predicted molar refractivity (Wildman–Crippen MR) is 124 cm³/mol. The van der Waals surface area contributed by atoms with Crippen molar-refractivity contribution >= 4 is 17.5 Å². The number of piperazine rings is 1. The fourth-order valence-corrected chi connectivity index (χ4v) is 4.09. The maximum atomic E-state index is 13.2. The summed E-state index contributed by atoms with van der Waals surface area (Å²) in [5.41, 5.74) is 2.81. The molecule has 4 aromatic rings. The summed E-state index contributed by atoms with van der Waals surface area (Å²) in [6.07, 6.45) is 1.57. The quantitative estimate of drug-likeness (QED) is 0.430. The molecule has 0 aliphatic carbocycles. The zero-order chi connectivity index (χ0) is 23.7. The number of benzene rings is 2. The highest BCUT2D eigenvalue weighted by molar-refractivity contribution is 6.30. The lowest BCUT2D eigenvalue weighted by Crippen LogP contribution is -2.48. The third-order valence-corrected chi connectivity index (χ3v) is 6.15. The van der Waals surface area contributed by atoms with E-state index in [9.17, 15) is 9.18 Å². The van der Waals surface area contributed by atoms with E-state index in [1.165, 1.54) is 12.1 Å². The predicted octanol–water partition coefficient (Wildman–Crippen LogP) is 3.98. The Morgan fingerprint density at radius 2 is 1.76 bits per heavy atom. The largest absolute Gasteiger partial charge is 0.338 e. The third kappa shape index (κ3) is 4.57. The Kier molecular flexibility index (Phi) is 6.12. The Hall–Kier alpha value is -3.56. The first kappa shape index (κ1) is 22.2. The van der Waals surface area contributed by atoms with E-state index in [1.54, 1.807) is 35.1 Å². The first-order valence-electron chi connectivity index (χ1n) is 10.9. The lowest BCUT2D eigenvalue weighted by Gasteiger charge is -2.33. The number of nitrogens with zero attached hydrogens (tertiary/aromatic N) is 6. The van der Waals surface area contributed by atoms with Crippen LogP contribution in [-0.4, -0.2) is 61.8 Å². The van der Waals surface area contributed by atoms with Gasteiger partial charge in [0.25, 0.3) is 5.91 Å². The first-order chi connectivity index (χ1) is 16.5. The van der Waals surface area contributed by atoms with E-state index < -0.39 is 0 Å². The number of amides is 1.